The van der Waals surface area contributed by atoms with Gasteiger partial charge in [0, 0.05) is 42.9 Å². The lowest BCUT2D eigenvalue weighted by Gasteiger charge is -2.15. The largest absolute Gasteiger partial charge is 0.351 e. The molecule has 0 aliphatic carbocycles. The number of nitrogens with zero attached hydrogens (tertiary/aromatic N) is 4. The molecule has 1 N–H and O–H groups in total. The second kappa shape index (κ2) is 6.11. The zero-order chi connectivity index (χ0) is 13.0. The Morgan fingerprint density at radius 2 is 2.06 bits per heavy atom. The number of hydrogen-bond acceptors (Lipinski definition) is 6. The standard InChI is InChI=1S/C9H16ClN5OS/c1-6(5-17(4)16)11-8-12-7(10)13-9(14-8)15(2)3/h6H,5H2,1-4H3,(H,11,12,13,14). The Morgan fingerprint density at radius 3 is 2.59 bits per heavy atom. The summed E-state index contributed by atoms with van der Waals surface area (Å²) in [5.41, 5.74) is 0. The molecule has 0 amide bonds. The summed E-state index contributed by atoms with van der Waals surface area (Å²) in [5, 5.41) is 3.18. The molecule has 0 aliphatic rings. The quantitative estimate of drug-likeness (QED) is 0.857. The number of aromatic nitrogens is 3. The molecule has 2 unspecified atom stereocenters. The van der Waals surface area contributed by atoms with Gasteiger partial charge in [-0.3, -0.25) is 4.21 Å². The molecule has 6 nitrogen and oxygen atoms in total. The van der Waals surface area contributed by atoms with Crippen molar-refractivity contribution < 1.29 is 4.21 Å². The van der Waals surface area contributed by atoms with Crippen molar-refractivity contribution in [2.24, 2.45) is 0 Å². The molecule has 2 atom stereocenters. The summed E-state index contributed by atoms with van der Waals surface area (Å²) >= 11 is 5.79. The van der Waals surface area contributed by atoms with E-state index in [9.17, 15) is 4.21 Å². The molecule has 8 heteroatoms. The molecule has 0 aliphatic heterocycles. The first-order valence-corrected chi connectivity index (χ1v) is 7.14. The Bertz CT molecular complexity index is 414. The van der Waals surface area contributed by atoms with Crippen LogP contribution < -0.4 is 10.2 Å². The predicted molar refractivity (Wildman–Crippen MR) is 71.2 cm³/mol. The minimum Gasteiger partial charge on any atom is -0.351 e. The maximum absolute atomic E-state index is 11.1. The SMILES string of the molecule is CC(CS(C)=O)Nc1nc(Cl)nc(N(C)C)n1. The summed E-state index contributed by atoms with van der Waals surface area (Å²) in [4.78, 5) is 13.9. The predicted octanol–water partition coefficient (Wildman–Crippen LogP) is 0.770. The van der Waals surface area contributed by atoms with Crippen LogP contribution in [0.5, 0.6) is 0 Å². The average Bonchev–Trinajstić information content (AvgIpc) is 2.14. The van der Waals surface area contributed by atoms with Crippen LogP contribution in [0.1, 0.15) is 6.92 Å². The van der Waals surface area contributed by atoms with Crippen LogP contribution in [0.25, 0.3) is 0 Å². The maximum Gasteiger partial charge on any atom is 0.230 e. The van der Waals surface area contributed by atoms with Crippen LogP contribution in [0, 0.1) is 0 Å². The lowest BCUT2D eigenvalue weighted by atomic mass is 10.4. The van der Waals surface area contributed by atoms with Crippen molar-refractivity contribution in [1.29, 1.82) is 0 Å². The van der Waals surface area contributed by atoms with Crippen LogP contribution in [-0.2, 0) is 10.8 Å². The molecule has 0 saturated heterocycles. The van der Waals surface area contributed by atoms with E-state index < -0.39 is 10.8 Å². The highest BCUT2D eigenvalue weighted by atomic mass is 35.5. The number of nitrogens with one attached hydrogen (secondary N) is 1. The lowest BCUT2D eigenvalue weighted by molar-refractivity contribution is 0.682. The highest BCUT2D eigenvalue weighted by Crippen LogP contribution is 2.12. The topological polar surface area (TPSA) is 71.0 Å². The van der Waals surface area contributed by atoms with Crippen molar-refractivity contribution in [3.63, 3.8) is 0 Å². The molecule has 1 aromatic heterocycles. The van der Waals surface area contributed by atoms with Gasteiger partial charge >= 0.3 is 0 Å². The molecule has 17 heavy (non-hydrogen) atoms. The molecular formula is C9H16ClN5OS. The van der Waals surface area contributed by atoms with Crippen molar-refractivity contribution in [3.8, 4) is 0 Å². The van der Waals surface area contributed by atoms with E-state index in [1.807, 2.05) is 21.0 Å². The van der Waals surface area contributed by atoms with Crippen molar-refractivity contribution in [1.82, 2.24) is 15.0 Å². The van der Waals surface area contributed by atoms with Gasteiger partial charge in [0.1, 0.15) is 0 Å². The summed E-state index contributed by atoms with van der Waals surface area (Å²) in [6.07, 6.45) is 1.66. The lowest BCUT2D eigenvalue weighted by Crippen LogP contribution is -2.24. The van der Waals surface area contributed by atoms with Crippen LogP contribution >= 0.6 is 11.6 Å². The maximum atomic E-state index is 11.1. The highest BCUT2D eigenvalue weighted by molar-refractivity contribution is 7.84. The first-order valence-electron chi connectivity index (χ1n) is 5.04. The van der Waals surface area contributed by atoms with E-state index in [0.717, 1.165) is 0 Å². The molecule has 0 saturated carbocycles. The van der Waals surface area contributed by atoms with E-state index in [2.05, 4.69) is 20.3 Å². The van der Waals surface area contributed by atoms with Gasteiger partial charge < -0.3 is 10.2 Å². The second-order valence-corrected chi connectivity index (χ2v) is 5.73. The highest BCUT2D eigenvalue weighted by Gasteiger charge is 2.10. The van der Waals surface area contributed by atoms with Crippen LogP contribution in [0.4, 0.5) is 11.9 Å². The zero-order valence-electron chi connectivity index (χ0n) is 10.3. The fourth-order valence-electron chi connectivity index (χ4n) is 1.22. The van der Waals surface area contributed by atoms with Gasteiger partial charge in [0.05, 0.1) is 0 Å². The van der Waals surface area contributed by atoms with Gasteiger partial charge in [0.25, 0.3) is 0 Å². The Morgan fingerprint density at radius 1 is 1.41 bits per heavy atom. The zero-order valence-corrected chi connectivity index (χ0v) is 11.8. The fraction of sp³-hybridized carbons (Fsp3) is 0.667. The van der Waals surface area contributed by atoms with E-state index in [1.54, 1.807) is 11.2 Å². The van der Waals surface area contributed by atoms with E-state index >= 15 is 0 Å². The van der Waals surface area contributed by atoms with E-state index in [-0.39, 0.29) is 11.3 Å². The minimum atomic E-state index is -0.866. The third kappa shape index (κ3) is 4.82. The fourth-order valence-corrected chi connectivity index (χ4v) is 2.16. The molecule has 0 aromatic carbocycles. The number of halogens is 1. The van der Waals surface area contributed by atoms with Gasteiger partial charge in [0.2, 0.25) is 17.2 Å². The van der Waals surface area contributed by atoms with Crippen molar-refractivity contribution in [2.45, 2.75) is 13.0 Å². The van der Waals surface area contributed by atoms with Crippen molar-refractivity contribution in [3.05, 3.63) is 5.28 Å². The van der Waals surface area contributed by atoms with Crippen LogP contribution in [0.3, 0.4) is 0 Å². The van der Waals surface area contributed by atoms with E-state index in [4.69, 9.17) is 11.6 Å². The third-order valence-electron chi connectivity index (χ3n) is 1.86. The van der Waals surface area contributed by atoms with E-state index in [1.165, 1.54) is 0 Å². The molecule has 1 rings (SSSR count). The number of anilines is 2. The Labute approximate surface area is 108 Å². The van der Waals surface area contributed by atoms with E-state index in [0.29, 0.717) is 17.6 Å². The van der Waals surface area contributed by atoms with Crippen LogP contribution in [0.2, 0.25) is 5.28 Å². The molecule has 0 bridgehead atoms. The number of rotatable bonds is 5. The molecule has 1 heterocycles. The summed E-state index contributed by atoms with van der Waals surface area (Å²) in [7, 11) is 2.77. The Balaban J connectivity index is 2.80. The van der Waals surface area contributed by atoms with Gasteiger partial charge in [0.15, 0.2) is 0 Å². The van der Waals surface area contributed by atoms with Gasteiger partial charge in [-0.2, -0.15) is 15.0 Å². The monoisotopic (exact) mass is 277 g/mol. The third-order valence-corrected chi connectivity index (χ3v) is 2.99. The van der Waals surface area contributed by atoms with Crippen molar-refractivity contribution in [2.75, 3.05) is 36.3 Å². The summed E-state index contributed by atoms with van der Waals surface area (Å²) < 4.78 is 11.1. The molecule has 0 radical (unpaired) electrons. The van der Waals surface area contributed by atoms with Crippen LogP contribution in [0.15, 0.2) is 0 Å². The first kappa shape index (κ1) is 14.1. The number of hydrogen-bond donors (Lipinski definition) is 1. The normalized spacial score (nSPS) is 14.2. The minimum absolute atomic E-state index is 0.00862. The Kier molecular flexibility index (Phi) is 5.07. The van der Waals surface area contributed by atoms with Crippen molar-refractivity contribution >= 4 is 34.3 Å². The summed E-state index contributed by atoms with van der Waals surface area (Å²) in [6.45, 7) is 1.91. The molecule has 0 spiro atoms. The molecule has 1 aromatic rings. The first-order chi connectivity index (χ1) is 7.88. The van der Waals surface area contributed by atoms with Gasteiger partial charge in [-0.05, 0) is 18.5 Å². The second-order valence-electron chi connectivity index (χ2n) is 3.91. The van der Waals surface area contributed by atoms with Gasteiger partial charge in [-0.25, -0.2) is 0 Å². The van der Waals surface area contributed by atoms with Gasteiger partial charge in [-0.15, -0.1) is 0 Å². The van der Waals surface area contributed by atoms with Gasteiger partial charge in [-0.1, -0.05) is 0 Å². The molecule has 96 valence electrons. The summed E-state index contributed by atoms with van der Waals surface area (Å²) in [6, 6.07) is 0.00862. The van der Waals surface area contributed by atoms with Crippen LogP contribution in [-0.4, -0.2) is 51.3 Å². The molecular weight excluding hydrogens is 262 g/mol. The Hall–Kier alpha value is -0.950. The summed E-state index contributed by atoms with van der Waals surface area (Å²) in [5.74, 6) is 1.41. The molecule has 0 fully saturated rings. The average molecular weight is 278 g/mol. The smallest absolute Gasteiger partial charge is 0.230 e.